The Hall–Kier alpha value is -3.41. The molecule has 38 heavy (non-hydrogen) atoms. The minimum Gasteiger partial charge on any atom is -0.339 e. The Morgan fingerprint density at radius 1 is 0.974 bits per heavy atom. The van der Waals surface area contributed by atoms with Gasteiger partial charge in [0.15, 0.2) is 0 Å². The second-order valence-corrected chi connectivity index (χ2v) is 10.7. The second-order valence-electron chi connectivity index (χ2n) is 10.3. The zero-order chi connectivity index (χ0) is 27.2. The maximum atomic E-state index is 12.9. The van der Waals surface area contributed by atoms with Crippen molar-refractivity contribution < 1.29 is 9.59 Å². The van der Waals surface area contributed by atoms with Crippen molar-refractivity contribution in [2.24, 2.45) is 5.92 Å². The fraction of sp³-hybridized carbons (Fsp3) is 0.312. The number of nitrogens with zero attached hydrogens (tertiary/aromatic N) is 3. The van der Waals surface area contributed by atoms with Gasteiger partial charge in [0.25, 0.3) is 5.91 Å². The highest BCUT2D eigenvalue weighted by atomic mass is 35.5. The maximum Gasteiger partial charge on any atom is 0.260 e. The van der Waals surface area contributed by atoms with Crippen LogP contribution in [0.15, 0.2) is 78.9 Å². The molecule has 1 atom stereocenters. The number of aryl methyl sites for hydroxylation is 1. The van der Waals surface area contributed by atoms with E-state index in [4.69, 9.17) is 11.6 Å². The predicted octanol–water partition coefficient (Wildman–Crippen LogP) is 6.97. The third-order valence-electron chi connectivity index (χ3n) is 7.16. The van der Waals surface area contributed by atoms with Gasteiger partial charge in [-0.3, -0.25) is 19.4 Å². The summed E-state index contributed by atoms with van der Waals surface area (Å²) in [5.74, 6) is 0.0890. The number of hydrogen-bond acceptors (Lipinski definition) is 3. The molecule has 5 nitrogen and oxygen atoms in total. The lowest BCUT2D eigenvalue weighted by molar-refractivity contribution is -0.116. The van der Waals surface area contributed by atoms with Crippen molar-refractivity contribution in [1.29, 1.82) is 0 Å². The average Bonchev–Trinajstić information content (AvgIpc) is 3.23. The van der Waals surface area contributed by atoms with E-state index < -0.39 is 0 Å². The van der Waals surface area contributed by atoms with Gasteiger partial charge >= 0.3 is 0 Å². The first-order valence-electron chi connectivity index (χ1n) is 13.1. The molecule has 4 aromatic rings. The van der Waals surface area contributed by atoms with Gasteiger partial charge in [-0.2, -0.15) is 0 Å². The summed E-state index contributed by atoms with van der Waals surface area (Å²) in [4.78, 5) is 28.4. The van der Waals surface area contributed by atoms with Crippen molar-refractivity contribution in [3.63, 3.8) is 0 Å². The number of amides is 2. The van der Waals surface area contributed by atoms with E-state index in [1.54, 1.807) is 6.07 Å². The first-order chi connectivity index (χ1) is 18.3. The molecule has 0 radical (unpaired) electrons. The van der Waals surface area contributed by atoms with Crippen LogP contribution in [0.3, 0.4) is 0 Å². The Kier molecular flexibility index (Phi) is 9.03. The molecule has 4 rings (SSSR count). The predicted molar refractivity (Wildman–Crippen MR) is 156 cm³/mol. The Morgan fingerprint density at radius 2 is 1.68 bits per heavy atom. The summed E-state index contributed by atoms with van der Waals surface area (Å²) >= 11 is 6.36. The lowest BCUT2D eigenvalue weighted by atomic mass is 9.98. The molecule has 1 aromatic heterocycles. The Morgan fingerprint density at radius 3 is 2.37 bits per heavy atom. The number of fused-ring (bicyclic) bond motifs is 1. The van der Waals surface area contributed by atoms with Gasteiger partial charge in [0, 0.05) is 46.8 Å². The van der Waals surface area contributed by atoms with E-state index in [9.17, 15) is 9.59 Å². The monoisotopic (exact) mass is 529 g/mol. The standard InChI is InChI=1S/C32H36ClN3O2/c1-23(2)31(34(4)17-10-18-35(22-37)32(38)28-14-9-8-11-24(28)3)30-20-26-19-27(33)15-16-29(26)36(30)21-25-12-6-5-7-13-25/h5-9,11-16,19-20,22-23,31H,10,17-18,21H2,1-4H3. The molecule has 0 aliphatic carbocycles. The number of halogens is 1. The normalized spacial score (nSPS) is 12.3. The van der Waals surface area contributed by atoms with E-state index in [0.717, 1.165) is 34.6 Å². The lowest BCUT2D eigenvalue weighted by Gasteiger charge is -2.33. The van der Waals surface area contributed by atoms with Crippen LogP contribution in [-0.2, 0) is 11.3 Å². The molecule has 0 spiro atoms. The second kappa shape index (κ2) is 12.4. The largest absolute Gasteiger partial charge is 0.339 e. The Balaban J connectivity index is 1.55. The molecule has 198 valence electrons. The minimum absolute atomic E-state index is 0.140. The molecular formula is C32H36ClN3O2. The van der Waals surface area contributed by atoms with E-state index in [0.29, 0.717) is 30.9 Å². The van der Waals surface area contributed by atoms with Crippen LogP contribution in [0.5, 0.6) is 0 Å². The van der Waals surface area contributed by atoms with Crippen molar-refractivity contribution in [2.75, 3.05) is 20.1 Å². The fourth-order valence-corrected chi connectivity index (χ4v) is 5.51. The summed E-state index contributed by atoms with van der Waals surface area (Å²) in [6.45, 7) is 8.23. The Labute approximate surface area is 230 Å². The highest BCUT2D eigenvalue weighted by Crippen LogP contribution is 2.34. The van der Waals surface area contributed by atoms with Gasteiger partial charge in [-0.05, 0) is 67.8 Å². The van der Waals surface area contributed by atoms with Gasteiger partial charge in [-0.25, -0.2) is 0 Å². The van der Waals surface area contributed by atoms with Crippen LogP contribution in [0.2, 0.25) is 5.02 Å². The zero-order valence-corrected chi connectivity index (χ0v) is 23.4. The van der Waals surface area contributed by atoms with Gasteiger partial charge in [-0.15, -0.1) is 0 Å². The molecule has 1 heterocycles. The van der Waals surface area contributed by atoms with Gasteiger partial charge in [0.1, 0.15) is 0 Å². The van der Waals surface area contributed by atoms with Crippen LogP contribution >= 0.6 is 11.6 Å². The van der Waals surface area contributed by atoms with Crippen LogP contribution in [0.25, 0.3) is 10.9 Å². The molecule has 0 N–H and O–H groups in total. The summed E-state index contributed by atoms with van der Waals surface area (Å²) in [5, 5.41) is 1.85. The van der Waals surface area contributed by atoms with Gasteiger partial charge in [0.2, 0.25) is 6.41 Å². The van der Waals surface area contributed by atoms with E-state index in [1.807, 2.05) is 43.3 Å². The van der Waals surface area contributed by atoms with Crippen LogP contribution in [-0.4, -0.2) is 46.8 Å². The van der Waals surface area contributed by atoms with Crippen molar-refractivity contribution in [3.05, 3.63) is 106 Å². The van der Waals surface area contributed by atoms with Crippen LogP contribution in [0, 0.1) is 12.8 Å². The summed E-state index contributed by atoms with van der Waals surface area (Å²) in [5.41, 5.74) is 5.06. The third-order valence-corrected chi connectivity index (χ3v) is 7.40. The van der Waals surface area contributed by atoms with Crippen molar-refractivity contribution >= 4 is 34.8 Å². The number of carbonyl (C=O) groups is 2. The first-order valence-corrected chi connectivity index (χ1v) is 13.5. The highest BCUT2D eigenvalue weighted by molar-refractivity contribution is 6.31. The molecule has 3 aromatic carbocycles. The molecule has 0 bridgehead atoms. The maximum absolute atomic E-state index is 12.9. The quantitative estimate of drug-likeness (QED) is 0.197. The number of carbonyl (C=O) groups excluding carboxylic acids is 2. The highest BCUT2D eigenvalue weighted by Gasteiger charge is 2.26. The van der Waals surface area contributed by atoms with Crippen LogP contribution in [0.4, 0.5) is 0 Å². The zero-order valence-electron chi connectivity index (χ0n) is 22.6. The van der Waals surface area contributed by atoms with Crippen molar-refractivity contribution in [1.82, 2.24) is 14.4 Å². The molecule has 6 heteroatoms. The Bertz CT molecular complexity index is 1400. The van der Waals surface area contributed by atoms with E-state index in [1.165, 1.54) is 16.2 Å². The van der Waals surface area contributed by atoms with E-state index in [-0.39, 0.29) is 11.9 Å². The molecule has 0 fully saturated rings. The fourth-order valence-electron chi connectivity index (χ4n) is 5.33. The van der Waals surface area contributed by atoms with Crippen molar-refractivity contribution in [3.8, 4) is 0 Å². The van der Waals surface area contributed by atoms with E-state index in [2.05, 4.69) is 66.8 Å². The number of benzene rings is 3. The summed E-state index contributed by atoms with van der Waals surface area (Å²) in [6, 6.07) is 26.3. The topological polar surface area (TPSA) is 45.6 Å². The third kappa shape index (κ3) is 6.17. The van der Waals surface area contributed by atoms with Gasteiger partial charge < -0.3 is 4.57 Å². The molecular weight excluding hydrogens is 494 g/mol. The molecule has 0 aliphatic rings. The van der Waals surface area contributed by atoms with Crippen molar-refractivity contribution in [2.45, 2.75) is 39.8 Å². The van der Waals surface area contributed by atoms with Crippen LogP contribution < -0.4 is 0 Å². The number of aromatic nitrogens is 1. The van der Waals surface area contributed by atoms with E-state index >= 15 is 0 Å². The number of rotatable bonds is 11. The summed E-state index contributed by atoms with van der Waals surface area (Å²) < 4.78 is 2.39. The molecule has 1 unspecified atom stereocenters. The van der Waals surface area contributed by atoms with Gasteiger partial charge in [0.05, 0.1) is 6.04 Å². The molecule has 2 amide bonds. The van der Waals surface area contributed by atoms with Crippen LogP contribution in [0.1, 0.15) is 53.5 Å². The minimum atomic E-state index is -0.249. The number of hydrogen-bond donors (Lipinski definition) is 0. The molecule has 0 aliphatic heterocycles. The van der Waals surface area contributed by atoms with Gasteiger partial charge in [-0.1, -0.05) is 74.0 Å². The molecule has 0 saturated carbocycles. The summed E-state index contributed by atoms with van der Waals surface area (Å²) in [6.07, 6.45) is 1.33. The summed E-state index contributed by atoms with van der Waals surface area (Å²) in [7, 11) is 2.12. The SMILES string of the molecule is Cc1ccccc1C(=O)N(C=O)CCCN(C)C(c1cc2cc(Cl)ccc2n1Cc1ccccc1)C(C)C. The lowest BCUT2D eigenvalue weighted by Crippen LogP contribution is -2.35. The average molecular weight is 530 g/mol. The smallest absolute Gasteiger partial charge is 0.260 e. The first kappa shape index (κ1) is 27.6. The molecule has 0 saturated heterocycles. The number of imide groups is 1.